The van der Waals surface area contributed by atoms with E-state index in [1.807, 2.05) is 13.8 Å². The number of hydrogen-bond acceptors (Lipinski definition) is 4. The van der Waals surface area contributed by atoms with Crippen molar-refractivity contribution in [1.82, 2.24) is 15.1 Å². The van der Waals surface area contributed by atoms with E-state index in [0.717, 1.165) is 0 Å². The van der Waals surface area contributed by atoms with Crippen LogP contribution in [-0.4, -0.2) is 39.0 Å². The number of primary amides is 1. The Labute approximate surface area is 128 Å². The SMILES string of the molecule is CC(C)COc1c(C(=O)O)cnn1C=CC(C)(C)NC(N)=O. The Balaban J connectivity index is 3.03. The number of urea groups is 1. The van der Waals surface area contributed by atoms with Gasteiger partial charge in [0.25, 0.3) is 0 Å². The Bertz CT molecular complexity index is 575. The van der Waals surface area contributed by atoms with Gasteiger partial charge in [0.2, 0.25) is 5.88 Å². The van der Waals surface area contributed by atoms with Gasteiger partial charge in [0.1, 0.15) is 5.56 Å². The fourth-order valence-corrected chi connectivity index (χ4v) is 1.61. The summed E-state index contributed by atoms with van der Waals surface area (Å²) in [6.45, 7) is 7.76. The quantitative estimate of drug-likeness (QED) is 0.705. The smallest absolute Gasteiger partial charge is 0.342 e. The Morgan fingerprint density at radius 2 is 2.18 bits per heavy atom. The Morgan fingerprint density at radius 3 is 2.68 bits per heavy atom. The molecule has 1 aromatic rings. The second-order valence-electron chi connectivity index (χ2n) is 5.84. The zero-order valence-corrected chi connectivity index (χ0v) is 13.2. The molecular formula is C14H22N4O4. The third kappa shape index (κ3) is 5.12. The lowest BCUT2D eigenvalue weighted by Crippen LogP contribution is -2.44. The highest BCUT2D eigenvalue weighted by Crippen LogP contribution is 2.20. The van der Waals surface area contributed by atoms with Gasteiger partial charge < -0.3 is 20.9 Å². The number of aromatic carboxylic acids is 1. The van der Waals surface area contributed by atoms with Crippen LogP contribution in [0.2, 0.25) is 0 Å². The number of aromatic nitrogens is 2. The van der Waals surface area contributed by atoms with E-state index in [2.05, 4.69) is 10.4 Å². The van der Waals surface area contributed by atoms with E-state index in [4.69, 9.17) is 15.6 Å². The molecule has 8 nitrogen and oxygen atoms in total. The average Bonchev–Trinajstić information content (AvgIpc) is 2.75. The third-order valence-corrected chi connectivity index (χ3v) is 2.61. The van der Waals surface area contributed by atoms with Gasteiger partial charge in [-0.3, -0.25) is 0 Å². The first kappa shape index (κ1) is 17.5. The molecule has 0 bridgehead atoms. The van der Waals surface area contributed by atoms with Crippen molar-refractivity contribution in [2.45, 2.75) is 33.2 Å². The summed E-state index contributed by atoms with van der Waals surface area (Å²) in [5.74, 6) is -0.734. The lowest BCUT2D eigenvalue weighted by Gasteiger charge is -2.20. The van der Waals surface area contributed by atoms with Crippen molar-refractivity contribution >= 4 is 18.2 Å². The number of nitrogens with zero attached hydrogens (tertiary/aromatic N) is 2. The number of carbonyl (C=O) groups excluding carboxylic acids is 1. The second kappa shape index (κ2) is 6.97. The first-order chi connectivity index (χ1) is 10.1. The number of amides is 2. The minimum Gasteiger partial charge on any atom is -0.477 e. The largest absolute Gasteiger partial charge is 0.477 e. The van der Waals surface area contributed by atoms with Crippen molar-refractivity contribution in [3.8, 4) is 5.88 Å². The van der Waals surface area contributed by atoms with Crippen molar-refractivity contribution in [3.63, 3.8) is 0 Å². The van der Waals surface area contributed by atoms with Gasteiger partial charge in [-0.2, -0.15) is 5.10 Å². The Morgan fingerprint density at radius 1 is 1.55 bits per heavy atom. The van der Waals surface area contributed by atoms with Crippen LogP contribution in [0.4, 0.5) is 4.79 Å². The van der Waals surface area contributed by atoms with Crippen LogP contribution in [0.5, 0.6) is 5.88 Å². The minimum atomic E-state index is -1.12. The van der Waals surface area contributed by atoms with E-state index in [9.17, 15) is 9.59 Å². The number of ether oxygens (including phenoxy) is 1. The summed E-state index contributed by atoms with van der Waals surface area (Å²) in [4.78, 5) is 22.1. The van der Waals surface area contributed by atoms with Crippen LogP contribution in [0.3, 0.4) is 0 Å². The van der Waals surface area contributed by atoms with Crippen LogP contribution in [0.1, 0.15) is 38.1 Å². The first-order valence-electron chi connectivity index (χ1n) is 6.83. The lowest BCUT2D eigenvalue weighted by atomic mass is 10.1. The van der Waals surface area contributed by atoms with Gasteiger partial charge in [0.05, 0.1) is 18.3 Å². The molecular weight excluding hydrogens is 288 g/mol. The number of hydrogen-bond donors (Lipinski definition) is 3. The summed E-state index contributed by atoms with van der Waals surface area (Å²) in [5.41, 5.74) is 4.36. The molecule has 0 saturated heterocycles. The molecule has 0 saturated carbocycles. The van der Waals surface area contributed by atoms with Crippen LogP contribution in [-0.2, 0) is 0 Å². The molecule has 8 heteroatoms. The topological polar surface area (TPSA) is 119 Å². The van der Waals surface area contributed by atoms with Gasteiger partial charge in [0.15, 0.2) is 0 Å². The van der Waals surface area contributed by atoms with Crippen LogP contribution < -0.4 is 15.8 Å². The van der Waals surface area contributed by atoms with Crippen molar-refractivity contribution in [1.29, 1.82) is 0 Å². The Kier molecular flexibility index (Phi) is 5.56. The van der Waals surface area contributed by atoms with Gasteiger partial charge in [0, 0.05) is 6.20 Å². The zero-order valence-electron chi connectivity index (χ0n) is 13.2. The van der Waals surface area contributed by atoms with E-state index in [1.54, 1.807) is 19.9 Å². The number of rotatable bonds is 7. The van der Waals surface area contributed by atoms with Crippen LogP contribution >= 0.6 is 0 Å². The predicted octanol–water partition coefficient (Wildman–Crippen LogP) is 1.53. The summed E-state index contributed by atoms with van der Waals surface area (Å²) in [6, 6.07) is -0.655. The number of nitrogens with one attached hydrogen (secondary N) is 1. The minimum absolute atomic E-state index is 0.0223. The standard InChI is InChI=1S/C14H22N4O4/c1-9(2)8-22-11-10(12(19)20)7-16-18(11)6-5-14(3,4)17-13(15)21/h5-7,9H,8H2,1-4H3,(H,19,20)(H3,15,17,21). The van der Waals surface area contributed by atoms with Gasteiger partial charge in [-0.15, -0.1) is 0 Å². The van der Waals surface area contributed by atoms with E-state index in [-0.39, 0.29) is 17.4 Å². The molecule has 0 aliphatic heterocycles. The molecule has 0 aliphatic rings. The van der Waals surface area contributed by atoms with E-state index in [0.29, 0.717) is 6.61 Å². The molecule has 122 valence electrons. The molecule has 0 aromatic carbocycles. The summed E-state index contributed by atoms with van der Waals surface area (Å²) < 4.78 is 6.85. The molecule has 22 heavy (non-hydrogen) atoms. The zero-order chi connectivity index (χ0) is 16.9. The molecule has 4 N–H and O–H groups in total. The maximum Gasteiger partial charge on any atom is 0.342 e. The molecule has 0 unspecified atom stereocenters. The van der Waals surface area contributed by atoms with Gasteiger partial charge in [-0.25, -0.2) is 14.3 Å². The maximum absolute atomic E-state index is 11.2. The number of carboxylic acid groups (broad SMARTS) is 1. The van der Waals surface area contributed by atoms with E-state index < -0.39 is 17.5 Å². The lowest BCUT2D eigenvalue weighted by molar-refractivity contribution is 0.0691. The fraction of sp³-hybridized carbons (Fsp3) is 0.500. The molecule has 0 atom stereocenters. The maximum atomic E-state index is 11.2. The van der Waals surface area contributed by atoms with Gasteiger partial charge >= 0.3 is 12.0 Å². The normalized spacial score (nSPS) is 11.9. The highest BCUT2D eigenvalue weighted by Gasteiger charge is 2.19. The highest BCUT2D eigenvalue weighted by molar-refractivity contribution is 5.90. The van der Waals surface area contributed by atoms with Gasteiger partial charge in [-0.05, 0) is 25.8 Å². The summed E-state index contributed by atoms with van der Waals surface area (Å²) >= 11 is 0. The van der Waals surface area contributed by atoms with E-state index in [1.165, 1.54) is 17.1 Å². The van der Waals surface area contributed by atoms with Crippen LogP contribution in [0, 0.1) is 5.92 Å². The molecule has 1 rings (SSSR count). The van der Waals surface area contributed by atoms with E-state index >= 15 is 0 Å². The molecule has 1 heterocycles. The molecule has 0 aliphatic carbocycles. The predicted molar refractivity (Wildman–Crippen MR) is 81.6 cm³/mol. The highest BCUT2D eigenvalue weighted by atomic mass is 16.5. The summed E-state index contributed by atoms with van der Waals surface area (Å²) in [6.07, 6.45) is 4.38. The first-order valence-corrected chi connectivity index (χ1v) is 6.83. The molecule has 0 radical (unpaired) electrons. The molecule has 2 amide bonds. The Hall–Kier alpha value is -2.51. The molecule has 0 spiro atoms. The summed E-state index contributed by atoms with van der Waals surface area (Å²) in [5, 5.41) is 15.7. The second-order valence-corrected chi connectivity index (χ2v) is 5.84. The number of carboxylic acids is 1. The number of nitrogens with two attached hydrogens (primary N) is 1. The van der Waals surface area contributed by atoms with Crippen molar-refractivity contribution in [2.75, 3.05) is 6.61 Å². The van der Waals surface area contributed by atoms with Crippen molar-refractivity contribution in [2.24, 2.45) is 11.7 Å². The van der Waals surface area contributed by atoms with Crippen LogP contribution in [0.25, 0.3) is 6.20 Å². The molecule has 1 aromatic heterocycles. The average molecular weight is 310 g/mol. The number of carbonyl (C=O) groups is 2. The van der Waals surface area contributed by atoms with Gasteiger partial charge in [-0.1, -0.05) is 13.8 Å². The molecule has 0 fully saturated rings. The monoisotopic (exact) mass is 310 g/mol. The third-order valence-electron chi connectivity index (χ3n) is 2.61. The van der Waals surface area contributed by atoms with Crippen LogP contribution in [0.15, 0.2) is 12.3 Å². The fourth-order valence-electron chi connectivity index (χ4n) is 1.61. The van der Waals surface area contributed by atoms with Crippen molar-refractivity contribution in [3.05, 3.63) is 17.8 Å². The summed E-state index contributed by atoms with van der Waals surface area (Å²) in [7, 11) is 0. The van der Waals surface area contributed by atoms with Crippen molar-refractivity contribution < 1.29 is 19.4 Å².